The molecule has 0 amide bonds. The van der Waals surface area contributed by atoms with Gasteiger partial charge in [-0.3, -0.25) is 9.59 Å². The number of Topliss-reactive ketones (excluding diaryl/α,β-unsaturated/α-hetero) is 1. The molecule has 1 aliphatic heterocycles. The fraction of sp³-hybridized carbons (Fsp3) is 0.429. The number of aromatic nitrogens is 2. The highest BCUT2D eigenvalue weighted by Crippen LogP contribution is 2.37. The highest BCUT2D eigenvalue weighted by Gasteiger charge is 2.31. The summed E-state index contributed by atoms with van der Waals surface area (Å²) in [6, 6.07) is 11.8. The van der Waals surface area contributed by atoms with Crippen LogP contribution < -0.4 is 0 Å². The molecule has 1 aromatic carbocycles. The maximum Gasteiger partial charge on any atom is 0.303 e. The number of pyridine rings is 1. The topological polar surface area (TPSA) is 99.2 Å². The van der Waals surface area contributed by atoms with E-state index in [2.05, 4.69) is 22.0 Å². The van der Waals surface area contributed by atoms with Gasteiger partial charge in [-0.25, -0.2) is 4.98 Å². The van der Waals surface area contributed by atoms with Crippen molar-refractivity contribution in [3.8, 4) is 6.07 Å². The zero-order valence-electron chi connectivity index (χ0n) is 20.7. The van der Waals surface area contributed by atoms with Crippen LogP contribution in [-0.2, 0) is 18.3 Å². The second kappa shape index (κ2) is 11.2. The average molecular weight is 507 g/mol. The van der Waals surface area contributed by atoms with E-state index in [0.717, 1.165) is 49.6 Å². The second-order valence-corrected chi connectivity index (χ2v) is 10.3. The van der Waals surface area contributed by atoms with E-state index in [-0.39, 0.29) is 30.5 Å². The van der Waals surface area contributed by atoms with Gasteiger partial charge >= 0.3 is 5.97 Å². The van der Waals surface area contributed by atoms with Gasteiger partial charge in [0.15, 0.2) is 5.78 Å². The van der Waals surface area contributed by atoms with Crippen LogP contribution in [0.15, 0.2) is 36.5 Å². The van der Waals surface area contributed by atoms with Crippen molar-refractivity contribution in [2.45, 2.75) is 44.9 Å². The Kier molecular flexibility index (Phi) is 8.07. The number of ketones is 1. The molecule has 36 heavy (non-hydrogen) atoms. The van der Waals surface area contributed by atoms with E-state index >= 15 is 0 Å². The number of hydrogen-bond acceptors (Lipinski definition) is 5. The van der Waals surface area contributed by atoms with Gasteiger partial charge in [-0.05, 0) is 62.0 Å². The van der Waals surface area contributed by atoms with Crippen LogP contribution in [-0.4, -0.2) is 50.9 Å². The van der Waals surface area contributed by atoms with Crippen LogP contribution in [0.5, 0.6) is 0 Å². The molecule has 3 heterocycles. The fourth-order valence-corrected chi connectivity index (χ4v) is 5.57. The monoisotopic (exact) mass is 506 g/mol. The van der Waals surface area contributed by atoms with E-state index in [1.165, 1.54) is 11.8 Å². The highest BCUT2D eigenvalue weighted by atomic mass is 35.5. The number of aliphatic carboxylic acids is 1. The van der Waals surface area contributed by atoms with Gasteiger partial charge in [0.1, 0.15) is 11.7 Å². The van der Waals surface area contributed by atoms with Crippen LogP contribution in [0.1, 0.15) is 65.7 Å². The van der Waals surface area contributed by atoms with E-state index < -0.39 is 5.97 Å². The minimum absolute atomic E-state index is 0.0570. The van der Waals surface area contributed by atoms with Crippen LogP contribution >= 0.6 is 11.6 Å². The third kappa shape index (κ3) is 5.77. The summed E-state index contributed by atoms with van der Waals surface area (Å²) in [7, 11) is 1.93. The van der Waals surface area contributed by atoms with Gasteiger partial charge < -0.3 is 14.6 Å². The molecule has 1 unspecified atom stereocenters. The van der Waals surface area contributed by atoms with Gasteiger partial charge in [0.25, 0.3) is 0 Å². The molecule has 8 heteroatoms. The maximum absolute atomic E-state index is 13.5. The molecular weight excluding hydrogens is 476 g/mol. The summed E-state index contributed by atoms with van der Waals surface area (Å²) in [5.74, 6) is -1.08. The van der Waals surface area contributed by atoms with Crippen molar-refractivity contribution < 1.29 is 14.7 Å². The quantitative estimate of drug-likeness (QED) is 0.400. The number of carbonyl (C=O) groups excluding carboxylic acids is 1. The number of aryl methyl sites for hydroxylation is 1. The minimum Gasteiger partial charge on any atom is -0.481 e. The van der Waals surface area contributed by atoms with E-state index in [4.69, 9.17) is 16.7 Å². The van der Waals surface area contributed by atoms with Crippen molar-refractivity contribution in [3.63, 3.8) is 0 Å². The lowest BCUT2D eigenvalue weighted by molar-refractivity contribution is -0.137. The Balaban J connectivity index is 1.56. The third-order valence-corrected chi connectivity index (χ3v) is 7.35. The lowest BCUT2D eigenvalue weighted by Gasteiger charge is -2.32. The van der Waals surface area contributed by atoms with Crippen LogP contribution in [0, 0.1) is 17.2 Å². The summed E-state index contributed by atoms with van der Waals surface area (Å²) in [4.78, 5) is 31.6. The van der Waals surface area contributed by atoms with E-state index in [9.17, 15) is 14.9 Å². The number of carboxylic acids is 1. The van der Waals surface area contributed by atoms with Crippen molar-refractivity contribution in [3.05, 3.63) is 63.9 Å². The first kappa shape index (κ1) is 25.9. The number of nitriles is 1. The molecule has 0 saturated carbocycles. The SMILES string of the molecule is CC(CC(=O)O)CC(=O)c1c(C2CCN(CCc3cccc(Cl)c3)CC2)n(C)c2ncc(C#N)cc12. The summed E-state index contributed by atoms with van der Waals surface area (Å²) < 4.78 is 2.00. The number of rotatable bonds is 9. The van der Waals surface area contributed by atoms with Crippen molar-refractivity contribution in [2.24, 2.45) is 13.0 Å². The van der Waals surface area contributed by atoms with Gasteiger partial charge in [-0.2, -0.15) is 5.26 Å². The Morgan fingerprint density at radius 1 is 1.25 bits per heavy atom. The first-order valence-electron chi connectivity index (χ1n) is 12.4. The molecule has 3 aromatic rings. The Bertz CT molecular complexity index is 1320. The second-order valence-electron chi connectivity index (χ2n) is 9.85. The summed E-state index contributed by atoms with van der Waals surface area (Å²) in [5.41, 5.74) is 3.87. The lowest BCUT2D eigenvalue weighted by Crippen LogP contribution is -2.35. The number of carboxylic acid groups (broad SMARTS) is 1. The van der Waals surface area contributed by atoms with E-state index in [1.54, 1.807) is 13.0 Å². The molecule has 1 aliphatic rings. The predicted molar refractivity (Wildman–Crippen MR) is 139 cm³/mol. The van der Waals surface area contributed by atoms with Gasteiger partial charge in [0.2, 0.25) is 0 Å². The fourth-order valence-electron chi connectivity index (χ4n) is 5.36. The molecule has 0 radical (unpaired) electrons. The lowest BCUT2D eigenvalue weighted by atomic mass is 9.87. The minimum atomic E-state index is -0.910. The molecule has 1 saturated heterocycles. The highest BCUT2D eigenvalue weighted by molar-refractivity contribution is 6.30. The standard InChI is InChI=1S/C28H31ClN4O3/c1-18(13-25(35)36)12-24(34)26-23-15-20(16-30)17-31-28(23)32(2)27(26)21-7-10-33(11-8-21)9-6-19-4-3-5-22(29)14-19/h3-5,14-15,17-18,21H,6-13H2,1-2H3,(H,35,36). The summed E-state index contributed by atoms with van der Waals surface area (Å²) in [5, 5.41) is 20.0. The molecule has 0 bridgehead atoms. The number of nitrogens with zero attached hydrogens (tertiary/aromatic N) is 4. The maximum atomic E-state index is 13.5. The Hall–Kier alpha value is -3.21. The predicted octanol–water partition coefficient (Wildman–Crippen LogP) is 5.20. The average Bonchev–Trinajstić information content (AvgIpc) is 3.14. The molecule has 4 rings (SSSR count). The zero-order valence-corrected chi connectivity index (χ0v) is 21.5. The number of halogens is 1. The Morgan fingerprint density at radius 2 is 2.00 bits per heavy atom. The molecule has 0 spiro atoms. The van der Waals surface area contributed by atoms with Crippen molar-refractivity contribution in [1.82, 2.24) is 14.5 Å². The van der Waals surface area contributed by atoms with Crippen molar-refractivity contribution in [2.75, 3.05) is 19.6 Å². The van der Waals surface area contributed by atoms with Crippen LogP contribution in [0.4, 0.5) is 0 Å². The number of benzene rings is 1. The summed E-state index contributed by atoms with van der Waals surface area (Å²) in [6.45, 7) is 4.58. The van der Waals surface area contributed by atoms with Gasteiger partial charge in [-0.15, -0.1) is 0 Å². The first-order chi connectivity index (χ1) is 17.3. The van der Waals surface area contributed by atoms with Crippen molar-refractivity contribution in [1.29, 1.82) is 5.26 Å². The number of likely N-dealkylation sites (tertiary alicyclic amines) is 1. The largest absolute Gasteiger partial charge is 0.481 e. The smallest absolute Gasteiger partial charge is 0.303 e. The molecule has 2 aromatic heterocycles. The van der Waals surface area contributed by atoms with Gasteiger partial charge in [0.05, 0.1) is 5.56 Å². The Labute approximate surface area is 216 Å². The van der Waals surface area contributed by atoms with E-state index in [1.807, 2.05) is 29.8 Å². The number of fused-ring (bicyclic) bond motifs is 1. The summed E-state index contributed by atoms with van der Waals surface area (Å²) in [6.07, 6.45) is 4.38. The van der Waals surface area contributed by atoms with Crippen LogP contribution in [0.2, 0.25) is 5.02 Å². The van der Waals surface area contributed by atoms with Gasteiger partial charge in [0, 0.05) is 60.2 Å². The van der Waals surface area contributed by atoms with Crippen LogP contribution in [0.25, 0.3) is 11.0 Å². The first-order valence-corrected chi connectivity index (χ1v) is 12.7. The number of carbonyl (C=O) groups is 2. The molecule has 1 fully saturated rings. The number of piperidine rings is 1. The van der Waals surface area contributed by atoms with Crippen molar-refractivity contribution >= 4 is 34.4 Å². The zero-order chi connectivity index (χ0) is 25.8. The molecule has 1 N–H and O–H groups in total. The van der Waals surface area contributed by atoms with E-state index in [0.29, 0.717) is 22.2 Å². The van der Waals surface area contributed by atoms with Gasteiger partial charge in [-0.1, -0.05) is 30.7 Å². The molecule has 188 valence electrons. The summed E-state index contributed by atoms with van der Waals surface area (Å²) >= 11 is 6.12. The number of hydrogen-bond donors (Lipinski definition) is 1. The Morgan fingerprint density at radius 3 is 2.67 bits per heavy atom. The van der Waals surface area contributed by atoms with Crippen LogP contribution in [0.3, 0.4) is 0 Å². The molecule has 7 nitrogen and oxygen atoms in total. The molecule has 0 aliphatic carbocycles. The molecule has 1 atom stereocenters. The third-order valence-electron chi connectivity index (χ3n) is 7.12. The molecular formula is C28H31ClN4O3. The normalized spacial score (nSPS) is 15.6.